The fraction of sp³-hybridized carbons (Fsp3) is 0.600. The van der Waals surface area contributed by atoms with Gasteiger partial charge in [0.1, 0.15) is 0 Å². The topological polar surface area (TPSA) is 12.0 Å². The van der Waals surface area contributed by atoms with Gasteiger partial charge in [-0.3, -0.25) is 0 Å². The first-order valence-electron chi connectivity index (χ1n) is 6.52. The van der Waals surface area contributed by atoms with Gasteiger partial charge in [-0.15, -0.1) is 0 Å². The van der Waals surface area contributed by atoms with Gasteiger partial charge in [-0.2, -0.15) is 0 Å². The average molecular weight is 296 g/mol. The van der Waals surface area contributed by atoms with Crippen molar-refractivity contribution in [1.29, 1.82) is 0 Å². The van der Waals surface area contributed by atoms with Crippen molar-refractivity contribution in [2.45, 2.75) is 39.7 Å². The second kappa shape index (κ2) is 5.11. The molecule has 17 heavy (non-hydrogen) atoms. The lowest BCUT2D eigenvalue weighted by atomic mass is 10.0. The molecule has 0 heterocycles. The molecular formula is C15H22BrN. The molecule has 2 atom stereocenters. The molecule has 0 aliphatic heterocycles. The summed E-state index contributed by atoms with van der Waals surface area (Å²) in [6, 6.07) is 9.17. The molecule has 2 heteroatoms. The van der Waals surface area contributed by atoms with E-state index in [1.807, 2.05) is 0 Å². The van der Waals surface area contributed by atoms with Gasteiger partial charge in [-0.1, -0.05) is 48.8 Å². The lowest BCUT2D eigenvalue weighted by Crippen LogP contribution is -2.24. The van der Waals surface area contributed by atoms with Crippen LogP contribution in [0.3, 0.4) is 0 Å². The van der Waals surface area contributed by atoms with E-state index in [2.05, 4.69) is 66.3 Å². The maximum Gasteiger partial charge on any atom is 0.0317 e. The predicted molar refractivity (Wildman–Crippen MR) is 77.1 cm³/mol. The van der Waals surface area contributed by atoms with Crippen molar-refractivity contribution in [3.63, 3.8) is 0 Å². The molecular weight excluding hydrogens is 274 g/mol. The van der Waals surface area contributed by atoms with Crippen molar-refractivity contribution < 1.29 is 0 Å². The standard InChI is InChI=1S/C15H22BrN/c1-4-14(11-5-7-13(16)8-6-11)17-10-12-9-15(12,2)3/h5-8,12,14,17H,4,9-10H2,1-3H3. The van der Waals surface area contributed by atoms with Gasteiger partial charge in [0.05, 0.1) is 0 Å². The first-order valence-corrected chi connectivity index (χ1v) is 7.31. The molecule has 2 unspecified atom stereocenters. The largest absolute Gasteiger partial charge is 0.310 e. The third-order valence-electron chi connectivity index (χ3n) is 4.01. The first-order chi connectivity index (χ1) is 8.03. The van der Waals surface area contributed by atoms with E-state index in [0.717, 1.165) is 23.4 Å². The highest BCUT2D eigenvalue weighted by Crippen LogP contribution is 2.51. The van der Waals surface area contributed by atoms with Crippen molar-refractivity contribution in [2.24, 2.45) is 11.3 Å². The lowest BCUT2D eigenvalue weighted by Gasteiger charge is -2.18. The fourth-order valence-corrected chi connectivity index (χ4v) is 2.67. The van der Waals surface area contributed by atoms with E-state index in [4.69, 9.17) is 0 Å². The van der Waals surface area contributed by atoms with Crippen molar-refractivity contribution in [3.05, 3.63) is 34.3 Å². The zero-order valence-corrected chi connectivity index (χ0v) is 12.5. The molecule has 0 bridgehead atoms. The Morgan fingerprint density at radius 3 is 2.41 bits per heavy atom. The fourth-order valence-electron chi connectivity index (χ4n) is 2.40. The summed E-state index contributed by atoms with van der Waals surface area (Å²) in [5.41, 5.74) is 1.97. The zero-order chi connectivity index (χ0) is 12.5. The van der Waals surface area contributed by atoms with Gasteiger partial charge >= 0.3 is 0 Å². The number of halogens is 1. The van der Waals surface area contributed by atoms with Gasteiger partial charge in [0.25, 0.3) is 0 Å². The lowest BCUT2D eigenvalue weighted by molar-refractivity contribution is 0.460. The Hall–Kier alpha value is -0.340. The summed E-state index contributed by atoms with van der Waals surface area (Å²) in [4.78, 5) is 0. The van der Waals surface area contributed by atoms with Crippen LogP contribution in [0, 0.1) is 11.3 Å². The number of hydrogen-bond donors (Lipinski definition) is 1. The van der Waals surface area contributed by atoms with Crippen molar-refractivity contribution in [3.8, 4) is 0 Å². The van der Waals surface area contributed by atoms with Crippen molar-refractivity contribution in [1.82, 2.24) is 5.32 Å². The van der Waals surface area contributed by atoms with Crippen LogP contribution >= 0.6 is 15.9 Å². The number of rotatable bonds is 5. The van der Waals surface area contributed by atoms with Crippen LogP contribution in [-0.4, -0.2) is 6.54 Å². The van der Waals surface area contributed by atoms with Gasteiger partial charge in [-0.25, -0.2) is 0 Å². The van der Waals surface area contributed by atoms with Crippen LogP contribution < -0.4 is 5.32 Å². The summed E-state index contributed by atoms with van der Waals surface area (Å²) in [6.07, 6.45) is 2.52. The molecule has 0 amide bonds. The van der Waals surface area contributed by atoms with Crippen LogP contribution in [0.25, 0.3) is 0 Å². The van der Waals surface area contributed by atoms with Crippen LogP contribution in [0.1, 0.15) is 45.2 Å². The van der Waals surface area contributed by atoms with Crippen molar-refractivity contribution in [2.75, 3.05) is 6.54 Å². The normalized spacial score (nSPS) is 23.4. The van der Waals surface area contributed by atoms with E-state index in [1.165, 1.54) is 12.0 Å². The van der Waals surface area contributed by atoms with Gasteiger partial charge in [-0.05, 0) is 48.4 Å². The van der Waals surface area contributed by atoms with Crippen LogP contribution in [-0.2, 0) is 0 Å². The highest BCUT2D eigenvalue weighted by molar-refractivity contribution is 9.10. The third kappa shape index (κ3) is 3.32. The second-order valence-corrected chi connectivity index (χ2v) is 6.73. The Bertz CT molecular complexity index is 369. The SMILES string of the molecule is CCC(NCC1CC1(C)C)c1ccc(Br)cc1. The van der Waals surface area contributed by atoms with E-state index < -0.39 is 0 Å². The molecule has 0 saturated heterocycles. The van der Waals surface area contributed by atoms with Crippen LogP contribution in [0.2, 0.25) is 0 Å². The van der Waals surface area contributed by atoms with E-state index >= 15 is 0 Å². The summed E-state index contributed by atoms with van der Waals surface area (Å²) in [5.74, 6) is 0.868. The van der Waals surface area contributed by atoms with Crippen molar-refractivity contribution >= 4 is 15.9 Å². The first kappa shape index (κ1) is 13.1. The average Bonchev–Trinajstić information content (AvgIpc) is 2.90. The maximum absolute atomic E-state index is 3.71. The third-order valence-corrected chi connectivity index (χ3v) is 4.54. The molecule has 1 fully saturated rings. The highest BCUT2D eigenvalue weighted by Gasteiger charge is 2.44. The minimum atomic E-state index is 0.500. The predicted octanol–water partition coefficient (Wildman–Crippen LogP) is 4.54. The Morgan fingerprint density at radius 2 is 1.94 bits per heavy atom. The molecule has 1 N–H and O–H groups in total. The van der Waals surface area contributed by atoms with Gasteiger partial charge in [0, 0.05) is 10.5 Å². The Kier molecular flexibility index (Phi) is 3.94. The van der Waals surface area contributed by atoms with Crippen LogP contribution in [0.15, 0.2) is 28.7 Å². The van der Waals surface area contributed by atoms with Gasteiger partial charge in [0.15, 0.2) is 0 Å². The zero-order valence-electron chi connectivity index (χ0n) is 11.0. The Morgan fingerprint density at radius 1 is 1.35 bits per heavy atom. The Labute approximate surface area is 113 Å². The molecule has 1 aromatic rings. The van der Waals surface area contributed by atoms with Gasteiger partial charge < -0.3 is 5.32 Å². The molecule has 0 aromatic heterocycles. The maximum atomic E-state index is 3.71. The minimum Gasteiger partial charge on any atom is -0.310 e. The van der Waals surface area contributed by atoms with Crippen LogP contribution in [0.4, 0.5) is 0 Å². The summed E-state index contributed by atoms with van der Waals surface area (Å²) < 4.78 is 1.15. The van der Waals surface area contributed by atoms with Gasteiger partial charge in [0.2, 0.25) is 0 Å². The second-order valence-electron chi connectivity index (χ2n) is 5.81. The molecule has 94 valence electrons. The van der Waals surface area contributed by atoms with Crippen LogP contribution in [0.5, 0.6) is 0 Å². The summed E-state index contributed by atoms with van der Waals surface area (Å²) in [7, 11) is 0. The molecule has 1 aromatic carbocycles. The molecule has 0 spiro atoms. The number of nitrogens with one attached hydrogen (secondary N) is 1. The van der Waals surface area contributed by atoms with E-state index in [0.29, 0.717) is 11.5 Å². The monoisotopic (exact) mass is 295 g/mol. The van der Waals surface area contributed by atoms with E-state index in [1.54, 1.807) is 0 Å². The molecule has 0 radical (unpaired) electrons. The summed E-state index contributed by atoms with van der Waals surface area (Å²) in [6.45, 7) is 8.12. The smallest absolute Gasteiger partial charge is 0.0317 e. The number of hydrogen-bond acceptors (Lipinski definition) is 1. The van der Waals surface area contributed by atoms with E-state index in [-0.39, 0.29) is 0 Å². The highest BCUT2D eigenvalue weighted by atomic mass is 79.9. The number of benzene rings is 1. The molecule has 2 rings (SSSR count). The Balaban J connectivity index is 1.90. The molecule has 1 saturated carbocycles. The summed E-state index contributed by atoms with van der Waals surface area (Å²) in [5, 5.41) is 3.71. The quantitative estimate of drug-likeness (QED) is 0.841. The molecule has 1 aliphatic carbocycles. The van der Waals surface area contributed by atoms with E-state index in [9.17, 15) is 0 Å². The molecule has 1 aliphatic rings. The minimum absolute atomic E-state index is 0.500. The molecule has 1 nitrogen and oxygen atoms in total. The summed E-state index contributed by atoms with van der Waals surface area (Å²) >= 11 is 3.48.